The highest BCUT2D eigenvalue weighted by Gasteiger charge is 2.29. The number of imide groups is 1. The van der Waals surface area contributed by atoms with Crippen molar-refractivity contribution in [3.8, 4) is 0 Å². The normalized spacial score (nSPS) is 16.8. The summed E-state index contributed by atoms with van der Waals surface area (Å²) in [6.07, 6.45) is 0. The second-order valence-electron chi connectivity index (χ2n) is 3.21. The van der Waals surface area contributed by atoms with E-state index in [2.05, 4.69) is 15.9 Å². The highest BCUT2D eigenvalue weighted by Crippen LogP contribution is 2.29. The Morgan fingerprint density at radius 1 is 1.25 bits per heavy atom. The highest BCUT2D eigenvalue weighted by atomic mass is 79.9. The summed E-state index contributed by atoms with van der Waals surface area (Å²) < 4.78 is 13.6. The first kappa shape index (κ1) is 11.6. The molecule has 1 aliphatic rings. The van der Waals surface area contributed by atoms with Gasteiger partial charge in [0.1, 0.15) is 5.82 Å². The lowest BCUT2D eigenvalue weighted by Crippen LogP contribution is -2.43. The number of anilines is 1. The van der Waals surface area contributed by atoms with Crippen LogP contribution in [0.15, 0.2) is 22.7 Å². The molecule has 6 heteroatoms. The minimum absolute atomic E-state index is 0.245. The van der Waals surface area contributed by atoms with E-state index < -0.39 is 5.82 Å². The predicted octanol–water partition coefficient (Wildman–Crippen LogP) is 2.19. The predicted molar refractivity (Wildman–Crippen MR) is 63.9 cm³/mol. The topological polar surface area (TPSA) is 37.4 Å². The van der Waals surface area contributed by atoms with Crippen molar-refractivity contribution in [1.29, 1.82) is 0 Å². The Hall–Kier alpha value is -0.880. The summed E-state index contributed by atoms with van der Waals surface area (Å²) in [5, 5.41) is 0. The Kier molecular flexibility index (Phi) is 3.30. The van der Waals surface area contributed by atoms with Crippen LogP contribution >= 0.6 is 27.7 Å². The average molecular weight is 304 g/mol. The van der Waals surface area contributed by atoms with E-state index in [9.17, 15) is 14.0 Å². The van der Waals surface area contributed by atoms with Crippen LogP contribution in [-0.4, -0.2) is 23.3 Å². The molecule has 0 aliphatic carbocycles. The molecule has 0 aromatic heterocycles. The smallest absolute Gasteiger partial charge is 0.243 e. The second-order valence-corrected chi connectivity index (χ2v) is 5.05. The van der Waals surface area contributed by atoms with Gasteiger partial charge in [-0.1, -0.05) is 0 Å². The van der Waals surface area contributed by atoms with Crippen molar-refractivity contribution in [3.63, 3.8) is 0 Å². The zero-order valence-corrected chi connectivity index (χ0v) is 10.5. The Bertz CT molecular complexity index is 450. The number of hydrogen-bond donors (Lipinski definition) is 0. The van der Waals surface area contributed by atoms with Gasteiger partial charge in [-0.15, -0.1) is 11.8 Å². The molecule has 2 amide bonds. The summed E-state index contributed by atoms with van der Waals surface area (Å²) in [5.41, 5.74) is 0.273. The number of carbonyl (C=O) groups is 2. The first-order valence-corrected chi connectivity index (χ1v) is 6.43. The maximum Gasteiger partial charge on any atom is 0.243 e. The standard InChI is InChI=1S/C10H7BrFNO2S/c11-7-2-1-6(12)3-8(7)13-9(14)4-16-5-10(13)15/h1-3H,4-5H2. The molecule has 1 aromatic carbocycles. The highest BCUT2D eigenvalue weighted by molar-refractivity contribution is 9.10. The molecule has 0 atom stereocenters. The number of halogens is 2. The quantitative estimate of drug-likeness (QED) is 0.746. The Labute approximate surface area is 104 Å². The van der Waals surface area contributed by atoms with Crippen LogP contribution in [0.5, 0.6) is 0 Å². The Morgan fingerprint density at radius 3 is 2.50 bits per heavy atom. The number of amides is 2. The minimum atomic E-state index is -0.475. The second kappa shape index (κ2) is 4.55. The van der Waals surface area contributed by atoms with Crippen molar-refractivity contribution in [2.75, 3.05) is 16.4 Å². The lowest BCUT2D eigenvalue weighted by atomic mass is 10.2. The van der Waals surface area contributed by atoms with E-state index in [-0.39, 0.29) is 29.0 Å². The molecule has 0 radical (unpaired) electrons. The van der Waals surface area contributed by atoms with Gasteiger partial charge in [0.25, 0.3) is 0 Å². The van der Waals surface area contributed by atoms with Crippen molar-refractivity contribution in [2.45, 2.75) is 0 Å². The van der Waals surface area contributed by atoms with Gasteiger partial charge in [-0.25, -0.2) is 9.29 Å². The number of hydrogen-bond acceptors (Lipinski definition) is 3. The van der Waals surface area contributed by atoms with Gasteiger partial charge in [0, 0.05) is 4.47 Å². The van der Waals surface area contributed by atoms with Crippen LogP contribution < -0.4 is 4.90 Å². The summed E-state index contributed by atoms with van der Waals surface area (Å²) >= 11 is 4.47. The summed E-state index contributed by atoms with van der Waals surface area (Å²) in [4.78, 5) is 24.3. The van der Waals surface area contributed by atoms with Gasteiger partial charge in [0.2, 0.25) is 11.8 Å². The number of nitrogens with zero attached hydrogens (tertiary/aromatic N) is 1. The molecular weight excluding hydrogens is 297 g/mol. The van der Waals surface area contributed by atoms with E-state index in [1.807, 2.05) is 0 Å². The van der Waals surface area contributed by atoms with Crippen LogP contribution in [0.4, 0.5) is 10.1 Å². The van der Waals surface area contributed by atoms with Gasteiger partial charge in [-0.3, -0.25) is 9.59 Å². The van der Waals surface area contributed by atoms with Crippen LogP contribution in [0.25, 0.3) is 0 Å². The van der Waals surface area contributed by atoms with Crippen molar-refractivity contribution in [1.82, 2.24) is 0 Å². The molecule has 0 unspecified atom stereocenters. The SMILES string of the molecule is O=C1CSCC(=O)N1c1cc(F)ccc1Br. The molecule has 16 heavy (non-hydrogen) atoms. The maximum atomic E-state index is 13.1. The fourth-order valence-electron chi connectivity index (χ4n) is 1.42. The fourth-order valence-corrected chi connectivity index (χ4v) is 2.55. The van der Waals surface area contributed by atoms with Crippen molar-refractivity contribution >= 4 is 45.2 Å². The molecule has 3 nitrogen and oxygen atoms in total. The third kappa shape index (κ3) is 2.12. The van der Waals surface area contributed by atoms with E-state index in [1.54, 1.807) is 0 Å². The largest absolute Gasteiger partial charge is 0.273 e. The fraction of sp³-hybridized carbons (Fsp3) is 0.200. The van der Waals surface area contributed by atoms with Crippen LogP contribution in [0.1, 0.15) is 0 Å². The van der Waals surface area contributed by atoms with E-state index in [4.69, 9.17) is 0 Å². The lowest BCUT2D eigenvalue weighted by Gasteiger charge is -2.25. The monoisotopic (exact) mass is 303 g/mol. The minimum Gasteiger partial charge on any atom is -0.273 e. The van der Waals surface area contributed by atoms with Gasteiger partial charge < -0.3 is 0 Å². The van der Waals surface area contributed by atoms with Gasteiger partial charge in [-0.05, 0) is 34.1 Å². The van der Waals surface area contributed by atoms with E-state index in [1.165, 1.54) is 30.0 Å². The van der Waals surface area contributed by atoms with E-state index >= 15 is 0 Å². The molecule has 1 saturated heterocycles. The van der Waals surface area contributed by atoms with E-state index in [0.717, 1.165) is 4.90 Å². The van der Waals surface area contributed by atoms with Crippen LogP contribution in [0.2, 0.25) is 0 Å². The molecule has 1 aliphatic heterocycles. The van der Waals surface area contributed by atoms with E-state index in [0.29, 0.717) is 4.47 Å². The molecule has 84 valence electrons. The third-order valence-electron chi connectivity index (χ3n) is 2.10. The lowest BCUT2D eigenvalue weighted by molar-refractivity contribution is -0.124. The molecule has 1 aromatic rings. The average Bonchev–Trinajstić information content (AvgIpc) is 2.23. The molecular formula is C10H7BrFNO2S. The summed E-state index contributed by atoms with van der Waals surface area (Å²) in [6, 6.07) is 3.92. The zero-order chi connectivity index (χ0) is 11.7. The van der Waals surface area contributed by atoms with Gasteiger partial charge >= 0.3 is 0 Å². The summed E-state index contributed by atoms with van der Waals surface area (Å²) in [5.74, 6) is -0.610. The molecule has 1 fully saturated rings. The van der Waals surface area contributed by atoms with Gasteiger partial charge in [-0.2, -0.15) is 0 Å². The van der Waals surface area contributed by atoms with Crippen LogP contribution in [0, 0.1) is 5.82 Å². The third-order valence-corrected chi connectivity index (χ3v) is 3.67. The molecule has 2 rings (SSSR count). The molecule has 0 N–H and O–H groups in total. The first-order valence-electron chi connectivity index (χ1n) is 4.48. The number of rotatable bonds is 1. The van der Waals surface area contributed by atoms with Crippen molar-refractivity contribution in [2.24, 2.45) is 0 Å². The Morgan fingerprint density at radius 2 is 1.88 bits per heavy atom. The first-order chi connectivity index (χ1) is 7.59. The molecule has 1 heterocycles. The molecule has 0 bridgehead atoms. The Balaban J connectivity index is 2.45. The van der Waals surface area contributed by atoms with Gasteiger partial charge in [0.05, 0.1) is 17.2 Å². The number of thioether (sulfide) groups is 1. The zero-order valence-electron chi connectivity index (χ0n) is 8.07. The maximum absolute atomic E-state index is 13.1. The summed E-state index contributed by atoms with van der Waals surface area (Å²) in [6.45, 7) is 0. The van der Waals surface area contributed by atoms with Crippen molar-refractivity contribution in [3.05, 3.63) is 28.5 Å². The van der Waals surface area contributed by atoms with Crippen LogP contribution in [0.3, 0.4) is 0 Å². The molecule has 0 saturated carbocycles. The van der Waals surface area contributed by atoms with Crippen LogP contribution in [-0.2, 0) is 9.59 Å². The number of benzene rings is 1. The van der Waals surface area contributed by atoms with Gasteiger partial charge in [0.15, 0.2) is 0 Å². The molecule has 0 spiro atoms. The number of carbonyl (C=O) groups excluding carboxylic acids is 2. The van der Waals surface area contributed by atoms with Crippen molar-refractivity contribution < 1.29 is 14.0 Å². The summed E-state index contributed by atoms with van der Waals surface area (Å²) in [7, 11) is 0.